The van der Waals surface area contributed by atoms with E-state index < -0.39 is 33.7 Å². The van der Waals surface area contributed by atoms with Gasteiger partial charge >= 0.3 is 181 Å². The van der Waals surface area contributed by atoms with Gasteiger partial charge in [-0.05, 0) is 0 Å². The molecule has 0 fully saturated rings. The van der Waals surface area contributed by atoms with Gasteiger partial charge in [0.15, 0.2) is 0 Å². The van der Waals surface area contributed by atoms with Crippen molar-refractivity contribution in [3.05, 3.63) is 65.0 Å². The van der Waals surface area contributed by atoms with Crippen LogP contribution in [-0.4, -0.2) is 21.8 Å². The quantitative estimate of drug-likeness (QED) is 0.143. The third-order valence-corrected chi connectivity index (χ3v) is 5.79. The molecule has 1 atom stereocenters. The average Bonchev–Trinajstić information content (AvgIpc) is 2.71. The van der Waals surface area contributed by atoms with Crippen LogP contribution in [0.1, 0.15) is 20.7 Å². The van der Waals surface area contributed by atoms with Gasteiger partial charge in [-0.15, -0.1) is 0 Å². The molecule has 154 valence electrons. The number of nitrogens with two attached hydrogens (primary N) is 2. The van der Waals surface area contributed by atoms with E-state index in [2.05, 4.69) is 20.6 Å². The summed E-state index contributed by atoms with van der Waals surface area (Å²) >= 11 is -1.31. The van der Waals surface area contributed by atoms with E-state index in [1.54, 1.807) is 30.3 Å². The Labute approximate surface area is 181 Å². The molecular weight excluding hydrogens is 505 g/mol. The number of aromatic nitrogens is 2. The summed E-state index contributed by atoms with van der Waals surface area (Å²) in [5.41, 5.74) is 12.6. The minimum absolute atomic E-state index is 0.197. The Morgan fingerprint density at radius 2 is 1.90 bits per heavy atom. The molecule has 1 aliphatic rings. The number of nitrogens with one attached hydrogen (secondary N) is 3. The van der Waals surface area contributed by atoms with Crippen LogP contribution in [0.3, 0.4) is 0 Å². The van der Waals surface area contributed by atoms with Crippen LogP contribution < -0.4 is 50.3 Å². The fourth-order valence-corrected chi connectivity index (χ4v) is 4.11. The first kappa shape index (κ1) is 19.8. The van der Waals surface area contributed by atoms with Gasteiger partial charge in [0.05, 0.1) is 0 Å². The number of carbonyl (C=O) groups is 2. The number of halogens is 1. The van der Waals surface area contributed by atoms with Crippen LogP contribution in [0.15, 0.2) is 48.7 Å². The van der Waals surface area contributed by atoms with Gasteiger partial charge in [-0.25, -0.2) is 0 Å². The Kier molecular flexibility index (Phi) is 5.35. The van der Waals surface area contributed by atoms with E-state index >= 15 is 0 Å². The summed E-state index contributed by atoms with van der Waals surface area (Å²) in [6.07, 6.45) is 1.39. The molecule has 0 bridgehead atoms. The van der Waals surface area contributed by atoms with Crippen molar-refractivity contribution in [2.45, 2.75) is 0 Å². The molecule has 0 radical (unpaired) electrons. The summed E-state index contributed by atoms with van der Waals surface area (Å²) in [7, 11) is 0. The molecule has 0 spiro atoms. The molecule has 7 N–H and O–H groups in total. The van der Waals surface area contributed by atoms with Gasteiger partial charge in [-0.2, -0.15) is 0 Å². The number of anilines is 4. The monoisotopic (exact) mass is 520 g/mol. The number of hydrogen-bond donors (Lipinski definition) is 5. The topological polar surface area (TPSA) is 173 Å². The Balaban J connectivity index is 1.69. The van der Waals surface area contributed by atoms with Crippen LogP contribution in [0.2, 0.25) is 0 Å². The molecule has 11 nitrogen and oxygen atoms in total. The van der Waals surface area contributed by atoms with Crippen LogP contribution in [0, 0.1) is 5.21 Å². The average molecular weight is 520 g/mol. The second kappa shape index (κ2) is 8.10. The molecule has 3 aromatic rings. The SMILES string of the molecule is NC(=O)c1cccc(Nc2ncc3c(n2)Nc2cc(C(N)=O)ccc2O[I-][NH+]3[O-])c1. The second-order valence-corrected chi connectivity index (χ2v) is 8.01. The van der Waals surface area contributed by atoms with Gasteiger partial charge in [0.25, 0.3) is 0 Å². The summed E-state index contributed by atoms with van der Waals surface area (Å²) in [4.78, 5) is 31.4. The molecule has 2 amide bonds. The van der Waals surface area contributed by atoms with Gasteiger partial charge in [0.2, 0.25) is 0 Å². The van der Waals surface area contributed by atoms with Gasteiger partial charge in [-0.3, -0.25) is 0 Å². The number of benzene rings is 2. The molecule has 2 heterocycles. The molecule has 1 aliphatic heterocycles. The Hall–Kier alpha value is -3.49. The number of quaternary nitrogens is 1. The Bertz CT molecular complexity index is 1160. The number of carbonyl (C=O) groups excluding carboxylic acids is 2. The molecule has 0 saturated carbocycles. The molecule has 4 rings (SSSR count). The summed E-state index contributed by atoms with van der Waals surface area (Å²) in [6, 6.07) is 11.2. The third kappa shape index (κ3) is 4.10. The van der Waals surface area contributed by atoms with E-state index in [0.29, 0.717) is 22.7 Å². The van der Waals surface area contributed by atoms with E-state index in [1.807, 2.05) is 0 Å². The van der Waals surface area contributed by atoms with Crippen molar-refractivity contribution in [1.29, 1.82) is 0 Å². The predicted molar refractivity (Wildman–Crippen MR) is 103 cm³/mol. The number of primary amides is 2. The number of nitrogens with zero attached hydrogens (tertiary/aromatic N) is 2. The first-order valence-corrected chi connectivity index (χ1v) is 10.5. The molecule has 0 saturated heterocycles. The van der Waals surface area contributed by atoms with Crippen molar-refractivity contribution in [3.8, 4) is 5.75 Å². The van der Waals surface area contributed by atoms with Crippen molar-refractivity contribution >= 4 is 40.6 Å². The Morgan fingerprint density at radius 1 is 1.13 bits per heavy atom. The molecular formula is C18H15IN7O4-. The first-order chi connectivity index (χ1) is 14.4. The molecule has 30 heavy (non-hydrogen) atoms. The van der Waals surface area contributed by atoms with Gasteiger partial charge in [-0.1, -0.05) is 0 Å². The van der Waals surface area contributed by atoms with Crippen molar-refractivity contribution in [2.24, 2.45) is 11.5 Å². The summed E-state index contributed by atoms with van der Waals surface area (Å²) < 4.78 is 5.42. The van der Waals surface area contributed by atoms with Crippen LogP contribution >= 0.6 is 0 Å². The van der Waals surface area contributed by atoms with Gasteiger partial charge in [0.1, 0.15) is 0 Å². The zero-order chi connectivity index (χ0) is 21.3. The van der Waals surface area contributed by atoms with E-state index in [0.717, 1.165) is 0 Å². The van der Waals surface area contributed by atoms with Crippen molar-refractivity contribution in [1.82, 2.24) is 9.97 Å². The summed E-state index contributed by atoms with van der Waals surface area (Å²) in [5, 5.41) is 18.5. The Morgan fingerprint density at radius 3 is 2.67 bits per heavy atom. The molecule has 1 aromatic heterocycles. The van der Waals surface area contributed by atoms with Crippen LogP contribution in [0.5, 0.6) is 5.75 Å². The van der Waals surface area contributed by atoms with Crippen LogP contribution in [0.25, 0.3) is 0 Å². The molecule has 2 aromatic carbocycles. The first-order valence-electron chi connectivity index (χ1n) is 8.51. The van der Waals surface area contributed by atoms with Gasteiger partial charge < -0.3 is 0 Å². The van der Waals surface area contributed by atoms with Crippen molar-refractivity contribution < 1.29 is 37.8 Å². The summed E-state index contributed by atoms with van der Waals surface area (Å²) in [6.45, 7) is 0. The number of rotatable bonds is 4. The van der Waals surface area contributed by atoms with Crippen molar-refractivity contribution in [2.75, 3.05) is 10.6 Å². The normalized spacial score (nSPS) is 15.0. The van der Waals surface area contributed by atoms with E-state index in [4.69, 9.17) is 14.5 Å². The number of hydrogen-bond acceptors (Lipinski definition) is 8. The van der Waals surface area contributed by atoms with Crippen LogP contribution in [0.4, 0.5) is 28.8 Å². The maximum atomic E-state index is 12.5. The molecule has 1 unspecified atom stereocenters. The van der Waals surface area contributed by atoms with E-state index in [9.17, 15) is 14.8 Å². The predicted octanol–water partition coefficient (Wildman–Crippen LogP) is -2.51. The molecule has 0 aliphatic carbocycles. The fourth-order valence-electron chi connectivity index (χ4n) is 2.65. The third-order valence-electron chi connectivity index (χ3n) is 4.11. The fraction of sp³-hybridized carbons (Fsp3) is 0. The molecule has 12 heteroatoms. The minimum atomic E-state index is -1.31. The number of fused-ring (bicyclic) bond motifs is 2. The second-order valence-electron chi connectivity index (χ2n) is 6.15. The number of amides is 2. The van der Waals surface area contributed by atoms with Gasteiger partial charge in [0, 0.05) is 0 Å². The maximum absolute atomic E-state index is 12.5. The van der Waals surface area contributed by atoms with E-state index in [-0.39, 0.29) is 26.3 Å². The van der Waals surface area contributed by atoms with Crippen LogP contribution in [-0.2, 0) is 0 Å². The standard InChI is InChI=1S/C18H15IN7O4/c20-15(27)9-2-1-3-11(6-9)23-18-22-8-13-17(25-18)24-12-7-10(16(21)28)4-5-14(12)30-19-26(13)29/h1-8,26H,(H2,20,27)(H2,21,28)(H2,22,23,24,25)/q-1. The summed E-state index contributed by atoms with van der Waals surface area (Å²) in [5.74, 6) is -0.269. The van der Waals surface area contributed by atoms with Crippen molar-refractivity contribution in [3.63, 3.8) is 0 Å². The zero-order valence-electron chi connectivity index (χ0n) is 15.2. The zero-order valence-corrected chi connectivity index (χ0v) is 17.3. The van der Waals surface area contributed by atoms with E-state index in [1.165, 1.54) is 18.3 Å².